The molecule has 0 spiro atoms. The van der Waals surface area contributed by atoms with Crippen LogP contribution in [0.3, 0.4) is 0 Å². The summed E-state index contributed by atoms with van der Waals surface area (Å²) in [6.45, 7) is 0.409. The van der Waals surface area contributed by atoms with Crippen LogP contribution in [0, 0.1) is 0 Å². The van der Waals surface area contributed by atoms with E-state index in [-0.39, 0.29) is 6.61 Å². The Balaban J connectivity index is 2.06. The Hall–Kier alpha value is -2.17. The zero-order valence-electron chi connectivity index (χ0n) is 10.4. The summed E-state index contributed by atoms with van der Waals surface area (Å²) in [6, 6.07) is 13.7. The summed E-state index contributed by atoms with van der Waals surface area (Å²) in [5, 5.41) is 8.92. The Morgan fingerprint density at radius 3 is 2.11 bits per heavy atom. The van der Waals surface area contributed by atoms with Crippen LogP contribution in [0.2, 0.25) is 0 Å². The second-order valence-electron chi connectivity index (χ2n) is 4.09. The number of ether oxygens (including phenoxy) is 1. The van der Waals surface area contributed by atoms with Crippen molar-refractivity contribution in [3.8, 4) is 5.75 Å². The topological polar surface area (TPSA) is 72.6 Å². The van der Waals surface area contributed by atoms with Crippen molar-refractivity contribution in [1.82, 2.24) is 0 Å². The predicted molar refractivity (Wildman–Crippen MR) is 71.7 cm³/mol. The van der Waals surface area contributed by atoms with Gasteiger partial charge in [0.05, 0.1) is 12.2 Å². The van der Waals surface area contributed by atoms with Gasteiger partial charge in [-0.05, 0) is 35.4 Å². The van der Waals surface area contributed by atoms with Gasteiger partial charge in [-0.1, -0.05) is 24.3 Å². The second-order valence-corrected chi connectivity index (χ2v) is 4.09. The molecular formula is C15H15NO3. The average molecular weight is 257 g/mol. The van der Waals surface area contributed by atoms with Crippen LogP contribution in [-0.2, 0) is 13.2 Å². The number of benzene rings is 2. The highest BCUT2D eigenvalue weighted by molar-refractivity contribution is 5.91. The highest BCUT2D eigenvalue weighted by Gasteiger charge is 2.08. The Morgan fingerprint density at radius 2 is 1.58 bits per heavy atom. The van der Waals surface area contributed by atoms with Gasteiger partial charge in [0.15, 0.2) is 0 Å². The molecule has 19 heavy (non-hydrogen) atoms. The van der Waals surface area contributed by atoms with Gasteiger partial charge in [0.1, 0.15) is 5.75 Å². The van der Waals surface area contributed by atoms with E-state index in [4.69, 9.17) is 15.6 Å². The van der Waals surface area contributed by atoms with Gasteiger partial charge in [-0.15, -0.1) is 0 Å². The summed E-state index contributed by atoms with van der Waals surface area (Å²) in [7, 11) is 0. The molecule has 0 bridgehead atoms. The van der Waals surface area contributed by atoms with Crippen molar-refractivity contribution in [2.75, 3.05) is 0 Å². The summed E-state index contributed by atoms with van der Waals surface area (Å²) in [6.07, 6.45) is 0. The number of esters is 1. The lowest BCUT2D eigenvalue weighted by Gasteiger charge is -2.05. The molecule has 0 aromatic heterocycles. The molecule has 0 heterocycles. The Kier molecular flexibility index (Phi) is 4.28. The summed E-state index contributed by atoms with van der Waals surface area (Å²) in [5.41, 5.74) is 7.70. The molecule has 0 unspecified atom stereocenters. The smallest absolute Gasteiger partial charge is 0.343 e. The maximum atomic E-state index is 11.9. The first-order valence-electron chi connectivity index (χ1n) is 5.94. The molecule has 4 nitrogen and oxygen atoms in total. The number of aliphatic hydroxyl groups is 1. The largest absolute Gasteiger partial charge is 0.423 e. The van der Waals surface area contributed by atoms with Crippen LogP contribution in [-0.4, -0.2) is 11.1 Å². The molecule has 0 aliphatic rings. The molecule has 0 atom stereocenters. The normalized spacial score (nSPS) is 10.2. The van der Waals surface area contributed by atoms with Gasteiger partial charge in [0.2, 0.25) is 0 Å². The van der Waals surface area contributed by atoms with Gasteiger partial charge < -0.3 is 15.6 Å². The Bertz CT molecular complexity index is 547. The minimum atomic E-state index is -0.416. The number of carbonyl (C=O) groups is 1. The second kappa shape index (κ2) is 6.13. The van der Waals surface area contributed by atoms with Crippen LogP contribution < -0.4 is 10.5 Å². The lowest BCUT2D eigenvalue weighted by molar-refractivity contribution is 0.0734. The van der Waals surface area contributed by atoms with Crippen LogP contribution in [0.1, 0.15) is 21.5 Å². The third kappa shape index (κ3) is 3.40. The van der Waals surface area contributed by atoms with Gasteiger partial charge >= 0.3 is 5.97 Å². The van der Waals surface area contributed by atoms with E-state index in [1.807, 2.05) is 0 Å². The fourth-order valence-corrected chi connectivity index (χ4v) is 1.61. The van der Waals surface area contributed by atoms with E-state index in [9.17, 15) is 4.79 Å². The first kappa shape index (κ1) is 13.3. The molecule has 0 aliphatic carbocycles. The van der Waals surface area contributed by atoms with E-state index < -0.39 is 5.97 Å². The molecule has 0 radical (unpaired) electrons. The van der Waals surface area contributed by atoms with Gasteiger partial charge in [-0.3, -0.25) is 0 Å². The first-order valence-corrected chi connectivity index (χ1v) is 5.94. The van der Waals surface area contributed by atoms with Crippen LogP contribution in [0.15, 0.2) is 48.5 Å². The number of nitrogens with two attached hydrogens (primary N) is 1. The van der Waals surface area contributed by atoms with Crippen LogP contribution in [0.25, 0.3) is 0 Å². The van der Waals surface area contributed by atoms with E-state index in [1.165, 1.54) is 0 Å². The lowest BCUT2D eigenvalue weighted by Crippen LogP contribution is -2.08. The van der Waals surface area contributed by atoms with Crippen molar-refractivity contribution < 1.29 is 14.6 Å². The summed E-state index contributed by atoms with van der Waals surface area (Å²) < 4.78 is 5.22. The number of aliphatic hydroxyl groups excluding tert-OH is 1. The zero-order valence-corrected chi connectivity index (χ0v) is 10.4. The molecule has 0 amide bonds. The molecule has 0 aliphatic heterocycles. The van der Waals surface area contributed by atoms with Crippen molar-refractivity contribution in [2.45, 2.75) is 13.2 Å². The summed E-state index contributed by atoms with van der Waals surface area (Å²) in [5.74, 6) is 0.0328. The Labute approximate surface area is 111 Å². The number of carbonyl (C=O) groups excluding carboxylic acids is 1. The van der Waals surface area contributed by atoms with Crippen molar-refractivity contribution in [1.29, 1.82) is 0 Å². The first-order chi connectivity index (χ1) is 9.22. The van der Waals surface area contributed by atoms with Crippen molar-refractivity contribution in [3.63, 3.8) is 0 Å². The zero-order chi connectivity index (χ0) is 13.7. The SMILES string of the molecule is NCc1ccc(C(=O)Oc2ccc(CO)cc2)cc1. The standard InChI is InChI=1S/C15H15NO3/c16-9-11-1-5-13(6-2-11)15(18)19-14-7-3-12(10-17)4-8-14/h1-8,17H,9-10,16H2. The van der Waals surface area contributed by atoms with Crippen LogP contribution in [0.5, 0.6) is 5.75 Å². The molecule has 0 saturated carbocycles. The number of hydrogen-bond acceptors (Lipinski definition) is 4. The quantitative estimate of drug-likeness (QED) is 0.647. The number of hydrogen-bond donors (Lipinski definition) is 2. The van der Waals surface area contributed by atoms with Crippen LogP contribution >= 0.6 is 0 Å². The highest BCUT2D eigenvalue weighted by atomic mass is 16.5. The molecule has 2 rings (SSSR count). The number of rotatable bonds is 4. The fraction of sp³-hybridized carbons (Fsp3) is 0.133. The molecule has 2 aromatic rings. The minimum Gasteiger partial charge on any atom is -0.423 e. The summed E-state index contributed by atoms with van der Waals surface area (Å²) in [4.78, 5) is 11.9. The molecule has 4 heteroatoms. The molecule has 2 aromatic carbocycles. The van der Waals surface area contributed by atoms with E-state index in [0.29, 0.717) is 17.9 Å². The molecule has 0 saturated heterocycles. The van der Waals surface area contributed by atoms with Gasteiger partial charge in [0, 0.05) is 6.54 Å². The monoisotopic (exact) mass is 257 g/mol. The van der Waals surface area contributed by atoms with Crippen molar-refractivity contribution in [3.05, 3.63) is 65.2 Å². The highest BCUT2D eigenvalue weighted by Crippen LogP contribution is 2.14. The molecule has 3 N–H and O–H groups in total. The molecule has 0 fully saturated rings. The van der Waals surface area contributed by atoms with E-state index in [0.717, 1.165) is 11.1 Å². The summed E-state index contributed by atoms with van der Waals surface area (Å²) >= 11 is 0. The average Bonchev–Trinajstić information content (AvgIpc) is 2.48. The maximum absolute atomic E-state index is 11.9. The fourth-order valence-electron chi connectivity index (χ4n) is 1.61. The molecule has 98 valence electrons. The van der Waals surface area contributed by atoms with E-state index in [2.05, 4.69) is 0 Å². The predicted octanol–water partition coefficient (Wildman–Crippen LogP) is 1.86. The van der Waals surface area contributed by atoms with Gasteiger partial charge in [-0.2, -0.15) is 0 Å². The van der Waals surface area contributed by atoms with Crippen molar-refractivity contribution in [2.24, 2.45) is 5.73 Å². The van der Waals surface area contributed by atoms with Gasteiger partial charge in [-0.25, -0.2) is 4.79 Å². The lowest BCUT2D eigenvalue weighted by atomic mass is 10.1. The van der Waals surface area contributed by atoms with Crippen LogP contribution in [0.4, 0.5) is 0 Å². The third-order valence-electron chi connectivity index (χ3n) is 2.74. The maximum Gasteiger partial charge on any atom is 0.343 e. The third-order valence-corrected chi connectivity index (χ3v) is 2.74. The van der Waals surface area contributed by atoms with Gasteiger partial charge in [0.25, 0.3) is 0 Å². The van der Waals surface area contributed by atoms with E-state index in [1.54, 1.807) is 48.5 Å². The Morgan fingerprint density at radius 1 is 1.00 bits per heavy atom. The molecular weight excluding hydrogens is 242 g/mol. The van der Waals surface area contributed by atoms with E-state index >= 15 is 0 Å². The minimum absolute atomic E-state index is 0.0330. The van der Waals surface area contributed by atoms with Crippen molar-refractivity contribution >= 4 is 5.97 Å².